The van der Waals surface area contributed by atoms with Crippen molar-refractivity contribution in [1.82, 2.24) is 14.9 Å². The molecule has 0 aliphatic carbocycles. The van der Waals surface area contributed by atoms with Crippen molar-refractivity contribution in [3.8, 4) is 11.3 Å². The van der Waals surface area contributed by atoms with Crippen LogP contribution in [0, 0.1) is 0 Å². The summed E-state index contributed by atoms with van der Waals surface area (Å²) in [5.41, 5.74) is 3.02. The Kier molecular flexibility index (Phi) is 3.71. The molecule has 0 atom stereocenters. The van der Waals surface area contributed by atoms with Crippen LogP contribution in [0.3, 0.4) is 0 Å². The van der Waals surface area contributed by atoms with Gasteiger partial charge in [0.1, 0.15) is 6.33 Å². The molecule has 0 spiro atoms. The van der Waals surface area contributed by atoms with Crippen LogP contribution >= 0.6 is 11.6 Å². The third-order valence-corrected chi connectivity index (χ3v) is 2.77. The fourth-order valence-corrected chi connectivity index (χ4v) is 1.88. The Morgan fingerprint density at radius 2 is 2.06 bits per heavy atom. The Morgan fingerprint density at radius 1 is 1.24 bits per heavy atom. The van der Waals surface area contributed by atoms with Gasteiger partial charge in [0.15, 0.2) is 0 Å². The fourth-order valence-electron chi connectivity index (χ4n) is 1.64. The number of halogens is 1. The van der Waals surface area contributed by atoms with Crippen LogP contribution in [-0.2, 0) is 6.54 Å². The zero-order chi connectivity index (χ0) is 12.3. The second-order valence-electron chi connectivity index (χ2n) is 4.14. The highest BCUT2D eigenvalue weighted by Crippen LogP contribution is 2.24. The molecule has 1 heterocycles. The lowest BCUT2D eigenvalue weighted by molar-refractivity contribution is 0.402. The van der Waals surface area contributed by atoms with Crippen LogP contribution in [0.2, 0.25) is 5.02 Å². The van der Waals surface area contributed by atoms with E-state index < -0.39 is 0 Å². The molecule has 0 radical (unpaired) electrons. The summed E-state index contributed by atoms with van der Waals surface area (Å²) < 4.78 is 0. The lowest BCUT2D eigenvalue weighted by Gasteiger charge is -2.12. The van der Waals surface area contributed by atoms with E-state index in [0.717, 1.165) is 28.4 Å². The third-order valence-electron chi connectivity index (χ3n) is 2.42. The molecule has 3 nitrogen and oxygen atoms in total. The first-order valence-corrected chi connectivity index (χ1v) is 5.74. The summed E-state index contributed by atoms with van der Waals surface area (Å²) in [7, 11) is 4.04. The van der Waals surface area contributed by atoms with Gasteiger partial charge in [-0.15, -0.1) is 0 Å². The second kappa shape index (κ2) is 5.25. The van der Waals surface area contributed by atoms with Crippen LogP contribution in [0.25, 0.3) is 11.3 Å². The van der Waals surface area contributed by atoms with Crippen molar-refractivity contribution in [2.24, 2.45) is 0 Å². The van der Waals surface area contributed by atoms with Crippen LogP contribution < -0.4 is 0 Å². The van der Waals surface area contributed by atoms with E-state index in [-0.39, 0.29) is 0 Å². The van der Waals surface area contributed by atoms with E-state index in [2.05, 4.69) is 14.9 Å². The molecular formula is C13H14ClN3. The minimum atomic E-state index is 0.773. The van der Waals surface area contributed by atoms with Crippen LogP contribution in [-0.4, -0.2) is 29.0 Å². The predicted molar refractivity (Wildman–Crippen MR) is 69.9 cm³/mol. The number of hydrogen-bond acceptors (Lipinski definition) is 3. The molecule has 0 N–H and O–H groups in total. The lowest BCUT2D eigenvalue weighted by Crippen LogP contribution is -2.10. The summed E-state index contributed by atoms with van der Waals surface area (Å²) >= 11 is 6.25. The number of rotatable bonds is 3. The molecule has 0 fully saturated rings. The van der Waals surface area contributed by atoms with E-state index in [1.165, 1.54) is 6.33 Å². The smallest absolute Gasteiger partial charge is 0.116 e. The molecule has 0 aliphatic heterocycles. The average molecular weight is 248 g/mol. The van der Waals surface area contributed by atoms with Crippen molar-refractivity contribution in [1.29, 1.82) is 0 Å². The summed E-state index contributed by atoms with van der Waals surface area (Å²) in [6, 6.07) is 7.90. The lowest BCUT2D eigenvalue weighted by atomic mass is 10.1. The van der Waals surface area contributed by atoms with Gasteiger partial charge in [-0.3, -0.25) is 0 Å². The molecule has 2 aromatic rings. The first-order chi connectivity index (χ1) is 8.16. The number of benzene rings is 1. The molecule has 1 aromatic carbocycles. The normalized spacial score (nSPS) is 10.8. The van der Waals surface area contributed by atoms with Gasteiger partial charge in [0, 0.05) is 23.3 Å². The van der Waals surface area contributed by atoms with E-state index in [1.54, 1.807) is 6.20 Å². The van der Waals surface area contributed by atoms with Gasteiger partial charge < -0.3 is 4.90 Å². The average Bonchev–Trinajstić information content (AvgIpc) is 2.32. The highest BCUT2D eigenvalue weighted by molar-refractivity contribution is 6.31. The first-order valence-electron chi connectivity index (χ1n) is 5.36. The molecule has 0 saturated heterocycles. The Balaban J connectivity index is 2.31. The molecule has 2 rings (SSSR count). The Hall–Kier alpha value is -1.45. The van der Waals surface area contributed by atoms with Gasteiger partial charge in [-0.25, -0.2) is 9.97 Å². The van der Waals surface area contributed by atoms with Gasteiger partial charge in [-0.2, -0.15) is 0 Å². The SMILES string of the molecule is CN(C)Cc1ccc(-c2ccncn2)cc1Cl. The van der Waals surface area contributed by atoms with E-state index in [1.807, 2.05) is 38.4 Å². The van der Waals surface area contributed by atoms with Crippen molar-refractivity contribution >= 4 is 11.6 Å². The van der Waals surface area contributed by atoms with E-state index >= 15 is 0 Å². The number of aromatic nitrogens is 2. The first kappa shape index (κ1) is 12.0. The minimum Gasteiger partial charge on any atom is -0.305 e. The van der Waals surface area contributed by atoms with Gasteiger partial charge in [-0.05, 0) is 31.8 Å². The van der Waals surface area contributed by atoms with Gasteiger partial charge in [0.25, 0.3) is 0 Å². The van der Waals surface area contributed by atoms with Crippen LogP contribution in [0.4, 0.5) is 0 Å². The van der Waals surface area contributed by atoms with Gasteiger partial charge in [0.05, 0.1) is 5.69 Å². The minimum absolute atomic E-state index is 0.773. The monoisotopic (exact) mass is 247 g/mol. The molecule has 88 valence electrons. The van der Waals surface area contributed by atoms with Crippen molar-refractivity contribution < 1.29 is 0 Å². The third kappa shape index (κ3) is 3.02. The highest BCUT2D eigenvalue weighted by atomic mass is 35.5. The van der Waals surface area contributed by atoms with E-state index in [9.17, 15) is 0 Å². The van der Waals surface area contributed by atoms with Gasteiger partial charge >= 0.3 is 0 Å². The largest absolute Gasteiger partial charge is 0.305 e. The zero-order valence-electron chi connectivity index (χ0n) is 9.89. The highest BCUT2D eigenvalue weighted by Gasteiger charge is 2.05. The maximum Gasteiger partial charge on any atom is 0.116 e. The van der Waals surface area contributed by atoms with E-state index in [4.69, 9.17) is 11.6 Å². The maximum absolute atomic E-state index is 6.25. The molecule has 4 heteroatoms. The molecule has 0 aliphatic rings. The number of nitrogens with zero attached hydrogens (tertiary/aromatic N) is 3. The van der Waals surface area contributed by atoms with Gasteiger partial charge in [0.2, 0.25) is 0 Å². The molecular weight excluding hydrogens is 234 g/mol. The molecule has 0 amide bonds. The molecule has 0 bridgehead atoms. The maximum atomic E-state index is 6.25. The van der Waals surface area contributed by atoms with Crippen molar-refractivity contribution in [3.05, 3.63) is 47.4 Å². The Labute approximate surface area is 106 Å². The van der Waals surface area contributed by atoms with Crippen molar-refractivity contribution in [3.63, 3.8) is 0 Å². The molecule has 0 unspecified atom stereocenters. The second-order valence-corrected chi connectivity index (χ2v) is 4.55. The summed E-state index contributed by atoms with van der Waals surface area (Å²) in [6.07, 6.45) is 3.26. The Morgan fingerprint density at radius 3 is 2.65 bits per heavy atom. The molecule has 0 saturated carbocycles. The summed E-state index contributed by atoms with van der Waals surface area (Å²) in [4.78, 5) is 10.2. The molecule has 17 heavy (non-hydrogen) atoms. The Bertz CT molecular complexity index is 497. The standard InChI is InChI=1S/C13H14ClN3/c1-17(2)8-11-4-3-10(7-12(11)14)13-5-6-15-9-16-13/h3-7,9H,8H2,1-2H3. The topological polar surface area (TPSA) is 29.0 Å². The zero-order valence-corrected chi connectivity index (χ0v) is 10.6. The van der Waals surface area contributed by atoms with Crippen molar-refractivity contribution in [2.75, 3.05) is 14.1 Å². The summed E-state index contributed by atoms with van der Waals surface area (Å²) in [5, 5.41) is 0.773. The van der Waals surface area contributed by atoms with Gasteiger partial charge in [-0.1, -0.05) is 23.7 Å². The van der Waals surface area contributed by atoms with Crippen LogP contribution in [0.15, 0.2) is 36.8 Å². The molecule has 1 aromatic heterocycles. The van der Waals surface area contributed by atoms with E-state index in [0.29, 0.717) is 0 Å². The number of hydrogen-bond donors (Lipinski definition) is 0. The van der Waals surface area contributed by atoms with Crippen molar-refractivity contribution in [2.45, 2.75) is 6.54 Å². The quantitative estimate of drug-likeness (QED) is 0.835. The fraction of sp³-hybridized carbons (Fsp3) is 0.231. The summed E-state index contributed by atoms with van der Waals surface area (Å²) in [5.74, 6) is 0. The summed E-state index contributed by atoms with van der Waals surface area (Å²) in [6.45, 7) is 0.836. The van der Waals surface area contributed by atoms with Crippen LogP contribution in [0.1, 0.15) is 5.56 Å². The van der Waals surface area contributed by atoms with Crippen LogP contribution in [0.5, 0.6) is 0 Å². The predicted octanol–water partition coefficient (Wildman–Crippen LogP) is 2.86.